The Morgan fingerprint density at radius 2 is 1.85 bits per heavy atom. The van der Waals surface area contributed by atoms with Gasteiger partial charge in [-0.1, -0.05) is 45.0 Å². The molecule has 0 unspecified atom stereocenters. The van der Waals surface area contributed by atoms with Crippen molar-refractivity contribution in [2.45, 2.75) is 46.6 Å². The first kappa shape index (κ1) is 22.8. The Morgan fingerprint density at radius 1 is 1.09 bits per heavy atom. The van der Waals surface area contributed by atoms with Crippen molar-refractivity contribution in [1.29, 1.82) is 10.5 Å². The second kappa shape index (κ2) is 9.61. The molecule has 3 aromatic rings. The van der Waals surface area contributed by atoms with Gasteiger partial charge in [0.2, 0.25) is 0 Å². The lowest BCUT2D eigenvalue weighted by Crippen LogP contribution is -2.26. The van der Waals surface area contributed by atoms with E-state index in [1.165, 1.54) is 10.4 Å². The van der Waals surface area contributed by atoms with Gasteiger partial charge < -0.3 is 4.74 Å². The van der Waals surface area contributed by atoms with Crippen LogP contribution in [-0.2, 0) is 19.4 Å². The number of ether oxygens (including phenoxy) is 1. The van der Waals surface area contributed by atoms with E-state index >= 15 is 0 Å². The van der Waals surface area contributed by atoms with Crippen LogP contribution in [0.25, 0.3) is 0 Å². The van der Waals surface area contributed by atoms with Crippen LogP contribution in [0.2, 0.25) is 0 Å². The normalized spacial score (nSPS) is 15.6. The molecule has 0 spiro atoms. The van der Waals surface area contributed by atoms with Crippen LogP contribution >= 0.6 is 11.3 Å². The van der Waals surface area contributed by atoms with E-state index in [0.717, 1.165) is 46.7 Å². The monoisotopic (exact) mass is 453 g/mol. The fourth-order valence-corrected chi connectivity index (χ4v) is 5.42. The Labute approximate surface area is 199 Å². The SMILES string of the molecule is CC(C)(C)[C@H]1CCc2c(sc(N=Cc3ccccc3OCc3ccc(C#N)cc3)c2C#N)C1. The highest BCUT2D eigenvalue weighted by Gasteiger charge is 2.32. The molecule has 1 aliphatic rings. The smallest absolute Gasteiger partial charge is 0.134 e. The van der Waals surface area contributed by atoms with Crippen LogP contribution in [0, 0.1) is 34.0 Å². The molecule has 1 atom stereocenters. The van der Waals surface area contributed by atoms with Crippen molar-refractivity contribution in [2.75, 3.05) is 0 Å². The number of nitrogens with zero attached hydrogens (tertiary/aromatic N) is 3. The third-order valence-corrected chi connectivity index (χ3v) is 7.46. The Hall–Kier alpha value is -3.41. The van der Waals surface area contributed by atoms with E-state index in [1.807, 2.05) is 36.4 Å². The quantitative estimate of drug-likeness (QED) is 0.392. The lowest BCUT2D eigenvalue weighted by Gasteiger charge is -2.33. The van der Waals surface area contributed by atoms with Crippen molar-refractivity contribution < 1.29 is 4.74 Å². The summed E-state index contributed by atoms with van der Waals surface area (Å²) in [5, 5.41) is 19.6. The van der Waals surface area contributed by atoms with Gasteiger partial charge in [-0.2, -0.15) is 10.5 Å². The highest BCUT2D eigenvalue weighted by atomic mass is 32.1. The molecule has 0 saturated heterocycles. The van der Waals surface area contributed by atoms with Gasteiger partial charge in [-0.05, 0) is 66.0 Å². The van der Waals surface area contributed by atoms with Gasteiger partial charge in [0.1, 0.15) is 23.4 Å². The van der Waals surface area contributed by atoms with Crippen molar-refractivity contribution in [3.8, 4) is 17.9 Å². The van der Waals surface area contributed by atoms with Crippen LogP contribution < -0.4 is 4.74 Å². The Bertz CT molecular complexity index is 1250. The van der Waals surface area contributed by atoms with Crippen LogP contribution in [-0.4, -0.2) is 6.21 Å². The van der Waals surface area contributed by atoms with E-state index < -0.39 is 0 Å². The molecule has 166 valence electrons. The summed E-state index contributed by atoms with van der Waals surface area (Å²) in [6, 6.07) is 19.7. The Kier molecular flexibility index (Phi) is 6.63. The zero-order chi connectivity index (χ0) is 23.4. The van der Waals surface area contributed by atoms with Crippen LogP contribution in [0.5, 0.6) is 5.75 Å². The molecule has 1 heterocycles. The molecule has 0 amide bonds. The second-order valence-corrected chi connectivity index (χ2v) is 10.6. The van der Waals surface area contributed by atoms with Gasteiger partial charge in [-0.15, -0.1) is 11.3 Å². The van der Waals surface area contributed by atoms with Gasteiger partial charge in [-0.25, -0.2) is 4.99 Å². The number of hydrogen-bond donors (Lipinski definition) is 0. The summed E-state index contributed by atoms with van der Waals surface area (Å²) >= 11 is 1.66. The molecule has 2 aromatic carbocycles. The molecule has 1 aromatic heterocycles. The summed E-state index contributed by atoms with van der Waals surface area (Å²) in [4.78, 5) is 6.05. The molecule has 0 bridgehead atoms. The van der Waals surface area contributed by atoms with Gasteiger partial charge in [-0.3, -0.25) is 0 Å². The topological polar surface area (TPSA) is 69.2 Å². The van der Waals surface area contributed by atoms with E-state index in [1.54, 1.807) is 29.7 Å². The highest BCUT2D eigenvalue weighted by Crippen LogP contribution is 2.44. The van der Waals surface area contributed by atoms with Gasteiger partial charge >= 0.3 is 0 Å². The lowest BCUT2D eigenvalue weighted by atomic mass is 9.72. The van der Waals surface area contributed by atoms with Crippen molar-refractivity contribution >= 4 is 22.6 Å². The number of hydrogen-bond acceptors (Lipinski definition) is 5. The third-order valence-electron chi connectivity index (χ3n) is 6.30. The van der Waals surface area contributed by atoms with Crippen molar-refractivity contribution in [2.24, 2.45) is 16.3 Å². The predicted molar refractivity (Wildman–Crippen MR) is 133 cm³/mol. The fourth-order valence-electron chi connectivity index (χ4n) is 4.20. The van der Waals surface area contributed by atoms with Gasteiger partial charge in [0.05, 0.1) is 17.2 Å². The average Bonchev–Trinajstić information content (AvgIpc) is 3.18. The fraction of sp³-hybridized carbons (Fsp3) is 0.321. The zero-order valence-corrected chi connectivity index (χ0v) is 20.1. The number of rotatable bonds is 5. The molecular formula is C28H27N3OS. The highest BCUT2D eigenvalue weighted by molar-refractivity contribution is 7.16. The molecule has 0 aliphatic heterocycles. The second-order valence-electron chi connectivity index (χ2n) is 9.49. The molecule has 1 aliphatic carbocycles. The molecule has 33 heavy (non-hydrogen) atoms. The molecule has 0 radical (unpaired) electrons. The minimum Gasteiger partial charge on any atom is -0.488 e. The minimum atomic E-state index is 0.267. The first-order valence-electron chi connectivity index (χ1n) is 11.2. The summed E-state index contributed by atoms with van der Waals surface area (Å²) in [6.07, 6.45) is 4.90. The van der Waals surface area contributed by atoms with Crippen LogP contribution in [0.15, 0.2) is 53.5 Å². The molecule has 0 N–H and O–H groups in total. The number of aliphatic imine (C=N–C) groups is 1. The maximum Gasteiger partial charge on any atom is 0.134 e. The largest absolute Gasteiger partial charge is 0.488 e. The summed E-state index contributed by atoms with van der Waals surface area (Å²) in [6.45, 7) is 7.31. The molecule has 4 nitrogen and oxygen atoms in total. The summed E-state index contributed by atoms with van der Waals surface area (Å²) in [7, 11) is 0. The molecule has 0 saturated carbocycles. The number of benzene rings is 2. The first-order chi connectivity index (χ1) is 15.9. The minimum absolute atomic E-state index is 0.267. The third kappa shape index (κ3) is 5.16. The van der Waals surface area contributed by atoms with E-state index in [-0.39, 0.29) is 5.41 Å². The van der Waals surface area contributed by atoms with Crippen molar-refractivity contribution in [3.05, 3.63) is 81.2 Å². The maximum atomic E-state index is 9.83. The van der Waals surface area contributed by atoms with Gasteiger partial charge in [0, 0.05) is 16.7 Å². The van der Waals surface area contributed by atoms with E-state index in [9.17, 15) is 5.26 Å². The molecule has 4 rings (SSSR count). The number of para-hydroxylation sites is 1. The van der Waals surface area contributed by atoms with E-state index in [2.05, 4.69) is 32.9 Å². The standard InChI is InChI=1S/C28H27N3OS/c1-28(2,3)22-12-13-23-24(16-30)27(33-26(23)14-22)31-17-21-6-4-5-7-25(21)32-18-20-10-8-19(15-29)9-11-20/h4-11,17,22H,12-14,18H2,1-3H3/t22-/m0/s1. The molecule has 0 fully saturated rings. The van der Waals surface area contributed by atoms with E-state index in [4.69, 9.17) is 15.0 Å². The molecular weight excluding hydrogens is 426 g/mol. The van der Waals surface area contributed by atoms with Crippen molar-refractivity contribution in [1.82, 2.24) is 0 Å². The summed E-state index contributed by atoms with van der Waals surface area (Å²) < 4.78 is 6.04. The van der Waals surface area contributed by atoms with Crippen LogP contribution in [0.3, 0.4) is 0 Å². The number of thiophene rings is 1. The first-order valence-corrected chi connectivity index (χ1v) is 12.0. The van der Waals surface area contributed by atoms with Crippen LogP contribution in [0.1, 0.15) is 59.9 Å². The van der Waals surface area contributed by atoms with E-state index in [0.29, 0.717) is 18.1 Å². The van der Waals surface area contributed by atoms with Gasteiger partial charge in [0.25, 0.3) is 0 Å². The Morgan fingerprint density at radius 3 is 2.55 bits per heavy atom. The van der Waals surface area contributed by atoms with Crippen molar-refractivity contribution in [3.63, 3.8) is 0 Å². The molecule has 5 heteroatoms. The lowest BCUT2D eigenvalue weighted by molar-refractivity contribution is 0.218. The summed E-state index contributed by atoms with van der Waals surface area (Å²) in [5.41, 5.74) is 4.69. The maximum absolute atomic E-state index is 9.83. The summed E-state index contributed by atoms with van der Waals surface area (Å²) in [5.74, 6) is 1.36. The predicted octanol–water partition coefficient (Wildman–Crippen LogP) is 6.97. The average molecular weight is 454 g/mol. The number of nitriles is 2. The number of fused-ring (bicyclic) bond motifs is 1. The Balaban J connectivity index is 1.54. The van der Waals surface area contributed by atoms with Gasteiger partial charge in [0.15, 0.2) is 0 Å². The zero-order valence-electron chi connectivity index (χ0n) is 19.3. The van der Waals surface area contributed by atoms with Crippen LogP contribution in [0.4, 0.5) is 5.00 Å².